The number of benzene rings is 1. The van der Waals surface area contributed by atoms with Crippen LogP contribution in [-0.4, -0.2) is 28.7 Å². The molecule has 3 rings (SSSR count). The van der Waals surface area contributed by atoms with Gasteiger partial charge in [0.15, 0.2) is 0 Å². The lowest BCUT2D eigenvalue weighted by Crippen LogP contribution is -2.35. The molecule has 6 nitrogen and oxygen atoms in total. The average Bonchev–Trinajstić information content (AvgIpc) is 2.82. The van der Waals surface area contributed by atoms with Crippen LogP contribution >= 0.6 is 0 Å². The van der Waals surface area contributed by atoms with Crippen LogP contribution in [0.25, 0.3) is 11.1 Å². The van der Waals surface area contributed by atoms with Crippen LogP contribution in [0.1, 0.15) is 68.1 Å². The van der Waals surface area contributed by atoms with Gasteiger partial charge in [-0.1, -0.05) is 38.1 Å². The maximum atomic E-state index is 12.8. The number of carbonyl (C=O) groups is 1. The summed E-state index contributed by atoms with van der Waals surface area (Å²) < 4.78 is 7.08. The molecule has 2 aromatic heterocycles. The Hall–Kier alpha value is -3.25. The third kappa shape index (κ3) is 7.14. The Morgan fingerprint density at radius 1 is 1.08 bits per heavy atom. The van der Waals surface area contributed by atoms with E-state index in [1.54, 1.807) is 10.6 Å². The number of nitrogens with one attached hydrogen (secondary N) is 1. The minimum absolute atomic E-state index is 0.0109. The standard InChI is InChI=1S/C30H39N3O3/c1-7-36-30(35)17-28(24-16-27(23(6)31-18-24)26-11-9-8-10-22(26)5)32-19-25(14-20(2)3)33-13-12-21(4)15-29(33)34/h8-13,15-16,18,20,25,28,32H,7,14,17,19H2,1-6H3. The second-order valence-electron chi connectivity index (χ2n) is 9.92. The Morgan fingerprint density at radius 3 is 2.50 bits per heavy atom. The predicted molar refractivity (Wildman–Crippen MR) is 145 cm³/mol. The van der Waals surface area contributed by atoms with Crippen molar-refractivity contribution in [1.82, 2.24) is 14.9 Å². The summed E-state index contributed by atoms with van der Waals surface area (Å²) in [7, 11) is 0. The largest absolute Gasteiger partial charge is 0.466 e. The van der Waals surface area contributed by atoms with Gasteiger partial charge in [-0.15, -0.1) is 0 Å². The van der Waals surface area contributed by atoms with Crippen LogP contribution < -0.4 is 10.9 Å². The van der Waals surface area contributed by atoms with Gasteiger partial charge in [-0.05, 0) is 74.4 Å². The van der Waals surface area contributed by atoms with E-state index in [1.165, 1.54) is 5.56 Å². The molecule has 6 heteroatoms. The van der Waals surface area contributed by atoms with Crippen molar-refractivity contribution < 1.29 is 9.53 Å². The average molecular weight is 490 g/mol. The number of nitrogens with zero attached hydrogens (tertiary/aromatic N) is 2. The van der Waals surface area contributed by atoms with E-state index in [9.17, 15) is 9.59 Å². The molecular weight excluding hydrogens is 450 g/mol. The topological polar surface area (TPSA) is 73.2 Å². The smallest absolute Gasteiger partial charge is 0.307 e. The molecule has 0 aliphatic rings. The summed E-state index contributed by atoms with van der Waals surface area (Å²) in [5.74, 6) is 0.142. The first-order chi connectivity index (χ1) is 17.2. The van der Waals surface area contributed by atoms with E-state index in [0.29, 0.717) is 19.1 Å². The van der Waals surface area contributed by atoms with Gasteiger partial charge in [0.25, 0.3) is 5.56 Å². The lowest BCUT2D eigenvalue weighted by molar-refractivity contribution is -0.143. The van der Waals surface area contributed by atoms with Gasteiger partial charge >= 0.3 is 5.97 Å². The fourth-order valence-electron chi connectivity index (χ4n) is 4.59. The molecule has 0 fully saturated rings. The first-order valence-electron chi connectivity index (χ1n) is 12.8. The zero-order valence-corrected chi connectivity index (χ0v) is 22.4. The summed E-state index contributed by atoms with van der Waals surface area (Å²) in [6, 6.07) is 13.7. The number of pyridine rings is 2. The van der Waals surface area contributed by atoms with Crippen molar-refractivity contribution >= 4 is 5.97 Å². The zero-order chi connectivity index (χ0) is 26.2. The fraction of sp³-hybridized carbons (Fsp3) is 0.433. The molecule has 0 spiro atoms. The quantitative estimate of drug-likeness (QED) is 0.350. The number of ether oxygens (including phenoxy) is 1. The van der Waals surface area contributed by atoms with Crippen molar-refractivity contribution in [2.75, 3.05) is 13.2 Å². The van der Waals surface area contributed by atoms with E-state index in [4.69, 9.17) is 4.74 Å². The number of rotatable bonds is 11. The Balaban J connectivity index is 1.95. The minimum Gasteiger partial charge on any atom is -0.466 e. The molecule has 0 aliphatic heterocycles. The van der Waals surface area contributed by atoms with Gasteiger partial charge in [0.05, 0.1) is 13.0 Å². The summed E-state index contributed by atoms with van der Waals surface area (Å²) in [6.45, 7) is 13.0. The van der Waals surface area contributed by atoms with E-state index in [0.717, 1.165) is 34.4 Å². The van der Waals surface area contributed by atoms with E-state index >= 15 is 0 Å². The second kappa shape index (κ2) is 12.6. The van der Waals surface area contributed by atoms with Crippen molar-refractivity contribution in [3.63, 3.8) is 0 Å². The highest BCUT2D eigenvalue weighted by molar-refractivity contribution is 5.72. The molecule has 0 amide bonds. The van der Waals surface area contributed by atoms with Crippen molar-refractivity contribution in [1.29, 1.82) is 0 Å². The molecule has 2 atom stereocenters. The highest BCUT2D eigenvalue weighted by Gasteiger charge is 2.22. The van der Waals surface area contributed by atoms with Crippen LogP contribution in [0.5, 0.6) is 0 Å². The van der Waals surface area contributed by atoms with Crippen molar-refractivity contribution in [2.24, 2.45) is 5.92 Å². The van der Waals surface area contributed by atoms with Gasteiger partial charge in [0.1, 0.15) is 0 Å². The summed E-state index contributed by atoms with van der Waals surface area (Å²) in [5.41, 5.74) is 6.15. The number of hydrogen-bond acceptors (Lipinski definition) is 5. The molecule has 0 aliphatic carbocycles. The molecule has 0 saturated heterocycles. The maximum Gasteiger partial charge on any atom is 0.307 e. The van der Waals surface area contributed by atoms with Gasteiger partial charge in [-0.25, -0.2) is 0 Å². The highest BCUT2D eigenvalue weighted by atomic mass is 16.5. The molecule has 1 N–H and O–H groups in total. The Bertz CT molecular complexity index is 1230. The van der Waals surface area contributed by atoms with Crippen molar-refractivity contribution in [2.45, 2.75) is 66.5 Å². The number of esters is 1. The van der Waals surface area contributed by atoms with Crippen LogP contribution in [0.3, 0.4) is 0 Å². The van der Waals surface area contributed by atoms with Gasteiger partial charge < -0.3 is 14.6 Å². The number of aryl methyl sites for hydroxylation is 3. The first-order valence-corrected chi connectivity index (χ1v) is 12.8. The minimum atomic E-state index is -0.296. The van der Waals surface area contributed by atoms with Crippen LogP contribution in [0.15, 0.2) is 59.7 Å². The van der Waals surface area contributed by atoms with E-state index in [2.05, 4.69) is 49.3 Å². The lowest BCUT2D eigenvalue weighted by atomic mass is 9.95. The molecule has 0 radical (unpaired) electrons. The lowest BCUT2D eigenvalue weighted by Gasteiger charge is -2.26. The number of hydrogen-bond donors (Lipinski definition) is 1. The third-order valence-electron chi connectivity index (χ3n) is 6.46. The summed E-state index contributed by atoms with van der Waals surface area (Å²) >= 11 is 0. The Labute approximate surface area is 214 Å². The summed E-state index contributed by atoms with van der Waals surface area (Å²) in [6.07, 6.45) is 4.73. The van der Waals surface area contributed by atoms with E-state index in [-0.39, 0.29) is 30.0 Å². The van der Waals surface area contributed by atoms with Crippen LogP contribution in [0, 0.1) is 26.7 Å². The van der Waals surface area contributed by atoms with Crippen molar-refractivity contribution in [3.05, 3.63) is 87.6 Å². The van der Waals surface area contributed by atoms with Gasteiger partial charge in [0, 0.05) is 48.3 Å². The first kappa shape index (κ1) is 27.3. The van der Waals surface area contributed by atoms with E-state index < -0.39 is 0 Å². The zero-order valence-electron chi connectivity index (χ0n) is 22.4. The van der Waals surface area contributed by atoms with Gasteiger partial charge in [-0.3, -0.25) is 14.6 Å². The normalized spacial score (nSPS) is 13.0. The highest BCUT2D eigenvalue weighted by Crippen LogP contribution is 2.29. The Kier molecular flexibility index (Phi) is 9.59. The summed E-state index contributed by atoms with van der Waals surface area (Å²) in [4.78, 5) is 30.0. The molecule has 0 saturated carbocycles. The van der Waals surface area contributed by atoms with Crippen LogP contribution in [-0.2, 0) is 9.53 Å². The molecule has 2 heterocycles. The van der Waals surface area contributed by atoms with Crippen LogP contribution in [0.4, 0.5) is 0 Å². The number of aromatic nitrogens is 2. The summed E-state index contributed by atoms with van der Waals surface area (Å²) in [5, 5.41) is 3.58. The molecule has 36 heavy (non-hydrogen) atoms. The molecule has 3 aromatic rings. The SMILES string of the molecule is CCOC(=O)CC(NCC(CC(C)C)n1ccc(C)cc1=O)c1cnc(C)c(-c2ccccc2C)c1. The fourth-order valence-corrected chi connectivity index (χ4v) is 4.59. The molecular formula is C30H39N3O3. The van der Waals surface area contributed by atoms with Crippen molar-refractivity contribution in [3.8, 4) is 11.1 Å². The third-order valence-corrected chi connectivity index (χ3v) is 6.46. The monoisotopic (exact) mass is 489 g/mol. The molecule has 192 valence electrons. The predicted octanol–water partition coefficient (Wildman–Crippen LogP) is 5.71. The number of carbonyl (C=O) groups excluding carboxylic acids is 1. The molecule has 0 bridgehead atoms. The van der Waals surface area contributed by atoms with E-state index in [1.807, 2.05) is 51.4 Å². The van der Waals surface area contributed by atoms with Gasteiger partial charge in [0.2, 0.25) is 0 Å². The van der Waals surface area contributed by atoms with Crippen LogP contribution in [0.2, 0.25) is 0 Å². The Morgan fingerprint density at radius 2 is 1.83 bits per heavy atom. The second-order valence-corrected chi connectivity index (χ2v) is 9.92. The molecule has 1 aromatic carbocycles. The maximum absolute atomic E-state index is 12.8. The van der Waals surface area contributed by atoms with Gasteiger partial charge in [-0.2, -0.15) is 0 Å². The molecule has 2 unspecified atom stereocenters.